The van der Waals surface area contributed by atoms with Gasteiger partial charge in [-0.15, -0.1) is 0 Å². The first-order chi connectivity index (χ1) is 15.4. The molecule has 32 heavy (non-hydrogen) atoms. The highest BCUT2D eigenvalue weighted by atomic mass is 19.1. The molecule has 0 atom stereocenters. The first-order valence-electron chi connectivity index (χ1n) is 10.5. The van der Waals surface area contributed by atoms with Crippen molar-refractivity contribution in [3.05, 3.63) is 76.6 Å². The maximum Gasteiger partial charge on any atom is 0.257 e. The highest BCUT2D eigenvalue weighted by Crippen LogP contribution is 2.22. The Labute approximate surface area is 186 Å². The van der Waals surface area contributed by atoms with Gasteiger partial charge in [0.15, 0.2) is 11.6 Å². The van der Waals surface area contributed by atoms with Gasteiger partial charge in [0.05, 0.1) is 29.7 Å². The molecule has 1 aromatic heterocycles. The molecule has 6 nitrogen and oxygen atoms in total. The summed E-state index contributed by atoms with van der Waals surface area (Å²) in [6.45, 7) is 6.84. The smallest absolute Gasteiger partial charge is 0.257 e. The van der Waals surface area contributed by atoms with E-state index >= 15 is 0 Å². The summed E-state index contributed by atoms with van der Waals surface area (Å²) in [5.74, 6) is -0.510. The molecule has 2 heterocycles. The van der Waals surface area contributed by atoms with Gasteiger partial charge in [-0.2, -0.15) is 5.10 Å². The van der Waals surface area contributed by atoms with E-state index in [0.717, 1.165) is 11.3 Å². The van der Waals surface area contributed by atoms with Gasteiger partial charge in [0.25, 0.3) is 5.91 Å². The van der Waals surface area contributed by atoms with Gasteiger partial charge in [-0.1, -0.05) is 6.07 Å². The van der Waals surface area contributed by atoms with Crippen LogP contribution in [0.15, 0.2) is 42.5 Å². The van der Waals surface area contributed by atoms with Crippen molar-refractivity contribution in [3.63, 3.8) is 0 Å². The van der Waals surface area contributed by atoms with Crippen LogP contribution in [0, 0.1) is 25.5 Å². The molecule has 2 aromatic carbocycles. The number of methoxy groups -OCH3 is 1. The molecule has 168 valence electrons. The molecule has 1 saturated heterocycles. The normalized spacial score (nSPS) is 14.6. The second-order valence-electron chi connectivity index (χ2n) is 7.97. The lowest BCUT2D eigenvalue weighted by atomic mass is 10.1. The van der Waals surface area contributed by atoms with E-state index in [-0.39, 0.29) is 23.3 Å². The minimum absolute atomic E-state index is 0.0523. The Morgan fingerprint density at radius 1 is 1.03 bits per heavy atom. The van der Waals surface area contributed by atoms with Crippen LogP contribution in [-0.4, -0.2) is 58.8 Å². The van der Waals surface area contributed by atoms with E-state index in [1.807, 2.05) is 24.8 Å². The standard InChI is InChI=1S/C24H26F2N4O2/c1-16-23(17(2)30(27-16)20-7-5-19(25)6-8-20)24(31)29-12-10-28(11-13-29)15-18-4-9-22(32-3)21(26)14-18/h4-9,14H,10-13,15H2,1-3H3. The minimum Gasteiger partial charge on any atom is -0.494 e. The third-order valence-corrected chi connectivity index (χ3v) is 5.86. The van der Waals surface area contributed by atoms with Crippen molar-refractivity contribution in [2.75, 3.05) is 33.3 Å². The van der Waals surface area contributed by atoms with Crippen LogP contribution < -0.4 is 4.74 Å². The summed E-state index contributed by atoms with van der Waals surface area (Å²) >= 11 is 0. The highest BCUT2D eigenvalue weighted by Gasteiger charge is 2.27. The van der Waals surface area contributed by atoms with E-state index in [1.165, 1.54) is 25.3 Å². The van der Waals surface area contributed by atoms with Gasteiger partial charge in [-0.25, -0.2) is 13.5 Å². The topological polar surface area (TPSA) is 50.6 Å². The van der Waals surface area contributed by atoms with Gasteiger partial charge in [0.1, 0.15) is 5.82 Å². The average molecular weight is 440 g/mol. The van der Waals surface area contributed by atoms with Gasteiger partial charge < -0.3 is 9.64 Å². The maximum atomic E-state index is 14.0. The van der Waals surface area contributed by atoms with E-state index < -0.39 is 0 Å². The third kappa shape index (κ3) is 4.36. The second-order valence-corrected chi connectivity index (χ2v) is 7.97. The molecule has 3 aromatic rings. The summed E-state index contributed by atoms with van der Waals surface area (Å²) in [6.07, 6.45) is 0. The lowest BCUT2D eigenvalue weighted by Gasteiger charge is -2.34. The SMILES string of the molecule is COc1ccc(CN2CCN(C(=O)c3c(C)nn(-c4ccc(F)cc4)c3C)CC2)cc1F. The summed E-state index contributed by atoms with van der Waals surface area (Å²) in [5.41, 5.74) is 3.54. The summed E-state index contributed by atoms with van der Waals surface area (Å²) in [5, 5.41) is 4.51. The highest BCUT2D eigenvalue weighted by molar-refractivity contribution is 5.96. The van der Waals surface area contributed by atoms with Gasteiger partial charge in [-0.3, -0.25) is 9.69 Å². The molecule has 0 spiro atoms. The number of ether oxygens (including phenoxy) is 1. The van der Waals surface area contributed by atoms with Crippen LogP contribution in [0.3, 0.4) is 0 Å². The van der Waals surface area contributed by atoms with Gasteiger partial charge >= 0.3 is 0 Å². The quantitative estimate of drug-likeness (QED) is 0.607. The summed E-state index contributed by atoms with van der Waals surface area (Å²) in [6, 6.07) is 11.0. The predicted octanol–water partition coefficient (Wildman–Crippen LogP) is 3.73. The molecule has 0 saturated carbocycles. The van der Waals surface area contributed by atoms with E-state index in [9.17, 15) is 13.6 Å². The molecular formula is C24H26F2N4O2. The minimum atomic E-state index is -0.372. The Morgan fingerprint density at radius 3 is 2.34 bits per heavy atom. The van der Waals surface area contributed by atoms with Crippen molar-refractivity contribution in [1.82, 2.24) is 19.6 Å². The number of halogens is 2. The van der Waals surface area contributed by atoms with Crippen molar-refractivity contribution in [3.8, 4) is 11.4 Å². The Bertz CT molecular complexity index is 1120. The van der Waals surface area contributed by atoms with E-state index in [4.69, 9.17) is 4.74 Å². The number of nitrogens with zero attached hydrogens (tertiary/aromatic N) is 4. The van der Waals surface area contributed by atoms with Crippen molar-refractivity contribution in [2.45, 2.75) is 20.4 Å². The Balaban J connectivity index is 1.42. The number of amides is 1. The predicted molar refractivity (Wildman–Crippen MR) is 117 cm³/mol. The molecular weight excluding hydrogens is 414 g/mol. The lowest BCUT2D eigenvalue weighted by molar-refractivity contribution is 0.0627. The summed E-state index contributed by atoms with van der Waals surface area (Å²) < 4.78 is 33.9. The zero-order valence-electron chi connectivity index (χ0n) is 18.4. The molecule has 1 aliphatic heterocycles. The van der Waals surface area contributed by atoms with Crippen LogP contribution in [0.5, 0.6) is 5.75 Å². The Hall–Kier alpha value is -3.26. The van der Waals surface area contributed by atoms with Crippen LogP contribution in [0.4, 0.5) is 8.78 Å². The fourth-order valence-electron chi connectivity index (χ4n) is 4.12. The largest absolute Gasteiger partial charge is 0.494 e. The molecule has 0 aliphatic carbocycles. The first-order valence-corrected chi connectivity index (χ1v) is 10.5. The van der Waals surface area contributed by atoms with Crippen LogP contribution in [0.1, 0.15) is 27.3 Å². The number of aryl methyl sites for hydroxylation is 1. The number of hydrogen-bond acceptors (Lipinski definition) is 4. The van der Waals surface area contributed by atoms with Crippen LogP contribution in [0.2, 0.25) is 0 Å². The summed E-state index contributed by atoms with van der Waals surface area (Å²) in [7, 11) is 1.45. The number of carbonyl (C=O) groups is 1. The van der Waals surface area contributed by atoms with E-state index in [1.54, 1.807) is 22.9 Å². The Kier molecular flexibility index (Phi) is 6.23. The van der Waals surface area contributed by atoms with E-state index in [2.05, 4.69) is 10.00 Å². The number of piperazine rings is 1. The van der Waals surface area contributed by atoms with Crippen molar-refractivity contribution in [1.29, 1.82) is 0 Å². The molecule has 0 unspecified atom stereocenters. The zero-order valence-corrected chi connectivity index (χ0v) is 18.4. The lowest BCUT2D eigenvalue weighted by Crippen LogP contribution is -2.48. The number of benzene rings is 2. The molecule has 0 N–H and O–H groups in total. The molecule has 1 amide bonds. The number of aromatic nitrogens is 2. The average Bonchev–Trinajstić information content (AvgIpc) is 3.08. The maximum absolute atomic E-state index is 14.0. The fourth-order valence-corrected chi connectivity index (χ4v) is 4.12. The monoisotopic (exact) mass is 440 g/mol. The number of hydrogen-bond donors (Lipinski definition) is 0. The molecule has 1 aliphatic rings. The fraction of sp³-hybridized carbons (Fsp3) is 0.333. The third-order valence-electron chi connectivity index (χ3n) is 5.86. The second kappa shape index (κ2) is 9.08. The molecule has 0 radical (unpaired) electrons. The molecule has 0 bridgehead atoms. The molecule has 4 rings (SSSR count). The molecule has 1 fully saturated rings. The Morgan fingerprint density at radius 2 is 1.72 bits per heavy atom. The van der Waals surface area contributed by atoms with Crippen molar-refractivity contribution >= 4 is 5.91 Å². The zero-order chi connectivity index (χ0) is 22.8. The van der Waals surface area contributed by atoms with Crippen LogP contribution in [-0.2, 0) is 6.54 Å². The van der Waals surface area contributed by atoms with Crippen molar-refractivity contribution < 1.29 is 18.3 Å². The number of rotatable bonds is 5. The summed E-state index contributed by atoms with van der Waals surface area (Å²) in [4.78, 5) is 17.3. The first kappa shape index (κ1) is 22.0. The van der Waals surface area contributed by atoms with Gasteiger partial charge in [0.2, 0.25) is 0 Å². The van der Waals surface area contributed by atoms with Gasteiger partial charge in [0, 0.05) is 32.7 Å². The van der Waals surface area contributed by atoms with Crippen LogP contribution >= 0.6 is 0 Å². The van der Waals surface area contributed by atoms with Crippen molar-refractivity contribution in [2.24, 2.45) is 0 Å². The number of carbonyl (C=O) groups excluding carboxylic acids is 1. The van der Waals surface area contributed by atoms with Crippen LogP contribution in [0.25, 0.3) is 5.69 Å². The van der Waals surface area contributed by atoms with E-state index in [0.29, 0.717) is 49.7 Å². The van der Waals surface area contributed by atoms with Gasteiger partial charge in [-0.05, 0) is 55.8 Å². The molecule has 8 heteroatoms.